The van der Waals surface area contributed by atoms with Crippen molar-refractivity contribution in [3.63, 3.8) is 0 Å². The summed E-state index contributed by atoms with van der Waals surface area (Å²) < 4.78 is 0. The summed E-state index contributed by atoms with van der Waals surface area (Å²) >= 11 is 1.61. The van der Waals surface area contributed by atoms with Crippen molar-refractivity contribution in [1.29, 1.82) is 0 Å². The van der Waals surface area contributed by atoms with Gasteiger partial charge in [0.25, 0.3) is 0 Å². The maximum Gasteiger partial charge on any atom is 0.205 e. The van der Waals surface area contributed by atoms with Gasteiger partial charge in [0.15, 0.2) is 0 Å². The summed E-state index contributed by atoms with van der Waals surface area (Å²) in [6.07, 6.45) is 2.56. The van der Waals surface area contributed by atoms with Crippen molar-refractivity contribution >= 4 is 16.5 Å². The van der Waals surface area contributed by atoms with E-state index in [-0.39, 0.29) is 0 Å². The van der Waals surface area contributed by atoms with E-state index >= 15 is 0 Å². The van der Waals surface area contributed by atoms with Gasteiger partial charge < -0.3 is 10.6 Å². The highest BCUT2D eigenvalue weighted by atomic mass is 32.1. The minimum absolute atomic E-state index is 0.615. The van der Waals surface area contributed by atoms with Crippen molar-refractivity contribution in [1.82, 2.24) is 15.5 Å². The van der Waals surface area contributed by atoms with Crippen LogP contribution in [0, 0.1) is 6.92 Å². The highest BCUT2D eigenvalue weighted by Crippen LogP contribution is 2.14. The predicted octanol–water partition coefficient (Wildman–Crippen LogP) is 1.01. The second-order valence-corrected chi connectivity index (χ2v) is 4.48. The molecule has 0 radical (unpaired) electrons. The lowest BCUT2D eigenvalue weighted by atomic mass is 10.2. The number of hydrogen-bond acceptors (Lipinski definition) is 5. The Morgan fingerprint density at radius 1 is 1.62 bits per heavy atom. The van der Waals surface area contributed by atoms with Crippen LogP contribution in [0.2, 0.25) is 0 Å². The number of hydrogen-bond donors (Lipinski definition) is 2. The van der Waals surface area contributed by atoms with E-state index in [2.05, 4.69) is 20.8 Å². The first-order valence-electron chi connectivity index (χ1n) is 4.62. The number of anilines is 1. The molecule has 1 atom stereocenters. The molecule has 0 amide bonds. The number of aromatic nitrogens is 2. The molecule has 0 spiro atoms. The molecule has 1 fully saturated rings. The number of rotatable bonds is 3. The molecule has 1 aromatic rings. The highest BCUT2D eigenvalue weighted by molar-refractivity contribution is 7.15. The third-order valence-electron chi connectivity index (χ3n) is 2.19. The van der Waals surface area contributed by atoms with E-state index in [0.717, 1.165) is 23.2 Å². The van der Waals surface area contributed by atoms with Crippen molar-refractivity contribution < 1.29 is 0 Å². The molecule has 2 rings (SSSR count). The van der Waals surface area contributed by atoms with Gasteiger partial charge in [0.05, 0.1) is 0 Å². The van der Waals surface area contributed by atoms with Crippen LogP contribution in [0.3, 0.4) is 0 Å². The molecule has 0 saturated carbocycles. The molecule has 2 heterocycles. The normalized spacial score (nSPS) is 22.1. The zero-order valence-electron chi connectivity index (χ0n) is 7.71. The molecule has 1 saturated heterocycles. The van der Waals surface area contributed by atoms with Crippen LogP contribution in [0.15, 0.2) is 0 Å². The first kappa shape index (κ1) is 8.90. The lowest BCUT2D eigenvalue weighted by Crippen LogP contribution is -2.29. The summed E-state index contributed by atoms with van der Waals surface area (Å²) in [6, 6.07) is 0.615. The second-order valence-electron chi connectivity index (χ2n) is 3.30. The molecule has 1 aliphatic rings. The third kappa shape index (κ3) is 2.38. The number of aryl methyl sites for hydroxylation is 1. The van der Waals surface area contributed by atoms with Crippen LogP contribution in [-0.2, 0) is 0 Å². The van der Waals surface area contributed by atoms with E-state index in [1.807, 2.05) is 6.92 Å². The Kier molecular flexibility index (Phi) is 2.75. The van der Waals surface area contributed by atoms with E-state index in [4.69, 9.17) is 0 Å². The van der Waals surface area contributed by atoms with Gasteiger partial charge in [-0.3, -0.25) is 0 Å². The Labute approximate surface area is 81.8 Å². The second kappa shape index (κ2) is 4.02. The number of nitrogens with one attached hydrogen (secondary N) is 2. The summed E-state index contributed by atoms with van der Waals surface area (Å²) in [5, 5.41) is 16.6. The smallest absolute Gasteiger partial charge is 0.205 e. The molecule has 1 aromatic heterocycles. The monoisotopic (exact) mass is 198 g/mol. The Bertz CT molecular complexity index is 267. The fraction of sp³-hybridized carbons (Fsp3) is 0.750. The molecule has 72 valence electrons. The van der Waals surface area contributed by atoms with Crippen molar-refractivity contribution in [2.45, 2.75) is 25.8 Å². The van der Waals surface area contributed by atoms with Crippen LogP contribution in [0.5, 0.6) is 0 Å². The Hall–Kier alpha value is -0.680. The van der Waals surface area contributed by atoms with Crippen LogP contribution in [0.25, 0.3) is 0 Å². The van der Waals surface area contributed by atoms with Gasteiger partial charge in [0.2, 0.25) is 5.13 Å². The van der Waals surface area contributed by atoms with Crippen molar-refractivity contribution in [3.05, 3.63) is 5.01 Å². The van der Waals surface area contributed by atoms with E-state index < -0.39 is 0 Å². The minimum atomic E-state index is 0.615. The van der Waals surface area contributed by atoms with Crippen molar-refractivity contribution in [3.8, 4) is 0 Å². The standard InChI is InChI=1S/C8H14N4S/c1-6-11-12-8(13-6)10-5-7-3-2-4-9-7/h7,9H,2-5H2,1H3,(H,10,12). The van der Waals surface area contributed by atoms with E-state index in [1.54, 1.807) is 11.3 Å². The molecule has 1 unspecified atom stereocenters. The highest BCUT2D eigenvalue weighted by Gasteiger charge is 2.13. The predicted molar refractivity (Wildman–Crippen MR) is 54.2 cm³/mol. The molecule has 13 heavy (non-hydrogen) atoms. The summed E-state index contributed by atoms with van der Waals surface area (Å²) in [6.45, 7) is 4.09. The topological polar surface area (TPSA) is 49.8 Å². The maximum absolute atomic E-state index is 4.01. The zero-order valence-corrected chi connectivity index (χ0v) is 8.52. The molecule has 4 nitrogen and oxygen atoms in total. The van der Waals surface area contributed by atoms with Gasteiger partial charge in [-0.2, -0.15) is 0 Å². The lowest BCUT2D eigenvalue weighted by molar-refractivity contribution is 0.633. The molecule has 0 bridgehead atoms. The molecule has 0 aliphatic carbocycles. The Balaban J connectivity index is 1.78. The molecule has 2 N–H and O–H groups in total. The fourth-order valence-electron chi connectivity index (χ4n) is 1.51. The first-order chi connectivity index (χ1) is 6.34. The van der Waals surface area contributed by atoms with E-state index in [9.17, 15) is 0 Å². The van der Waals surface area contributed by atoms with Gasteiger partial charge >= 0.3 is 0 Å². The van der Waals surface area contributed by atoms with Crippen LogP contribution >= 0.6 is 11.3 Å². The first-order valence-corrected chi connectivity index (χ1v) is 5.43. The summed E-state index contributed by atoms with van der Waals surface area (Å²) in [5.74, 6) is 0. The SMILES string of the molecule is Cc1nnc(NCC2CCCN2)s1. The van der Waals surface area contributed by atoms with Gasteiger partial charge in [0, 0.05) is 12.6 Å². The van der Waals surface area contributed by atoms with E-state index in [1.165, 1.54) is 12.8 Å². The average Bonchev–Trinajstić information content (AvgIpc) is 2.71. The van der Waals surface area contributed by atoms with Gasteiger partial charge in [-0.15, -0.1) is 10.2 Å². The molecule has 1 aliphatic heterocycles. The Morgan fingerprint density at radius 3 is 3.15 bits per heavy atom. The summed E-state index contributed by atoms with van der Waals surface area (Å²) in [4.78, 5) is 0. The van der Waals surface area contributed by atoms with Gasteiger partial charge in [-0.25, -0.2) is 0 Å². The van der Waals surface area contributed by atoms with Crippen LogP contribution in [0.1, 0.15) is 17.8 Å². The number of nitrogens with zero attached hydrogens (tertiary/aromatic N) is 2. The fourth-order valence-corrected chi connectivity index (χ4v) is 2.11. The van der Waals surface area contributed by atoms with Crippen LogP contribution in [0.4, 0.5) is 5.13 Å². The maximum atomic E-state index is 4.01. The third-order valence-corrected chi connectivity index (χ3v) is 2.98. The van der Waals surface area contributed by atoms with Gasteiger partial charge in [-0.1, -0.05) is 11.3 Å². The van der Waals surface area contributed by atoms with Gasteiger partial charge in [-0.05, 0) is 26.3 Å². The molecular weight excluding hydrogens is 184 g/mol. The summed E-state index contributed by atoms with van der Waals surface area (Å²) in [5.41, 5.74) is 0. The minimum Gasteiger partial charge on any atom is -0.359 e. The van der Waals surface area contributed by atoms with E-state index in [0.29, 0.717) is 6.04 Å². The quantitative estimate of drug-likeness (QED) is 0.761. The van der Waals surface area contributed by atoms with Crippen LogP contribution in [-0.4, -0.2) is 29.3 Å². The molecule has 0 aromatic carbocycles. The average molecular weight is 198 g/mol. The summed E-state index contributed by atoms with van der Waals surface area (Å²) in [7, 11) is 0. The van der Waals surface area contributed by atoms with Crippen LogP contribution < -0.4 is 10.6 Å². The lowest BCUT2D eigenvalue weighted by Gasteiger charge is -2.09. The molecular formula is C8H14N4S. The largest absolute Gasteiger partial charge is 0.359 e. The zero-order chi connectivity index (χ0) is 9.10. The Morgan fingerprint density at radius 2 is 2.54 bits per heavy atom. The molecule has 5 heteroatoms. The van der Waals surface area contributed by atoms with Gasteiger partial charge in [0.1, 0.15) is 5.01 Å². The van der Waals surface area contributed by atoms with Crippen molar-refractivity contribution in [2.24, 2.45) is 0 Å². The van der Waals surface area contributed by atoms with Crippen molar-refractivity contribution in [2.75, 3.05) is 18.4 Å².